The van der Waals surface area contributed by atoms with Crippen LogP contribution >= 0.6 is 0 Å². The van der Waals surface area contributed by atoms with Crippen molar-refractivity contribution in [2.24, 2.45) is 0 Å². The van der Waals surface area contributed by atoms with Gasteiger partial charge in [0, 0.05) is 6.20 Å². The summed E-state index contributed by atoms with van der Waals surface area (Å²) in [7, 11) is -3.94. The highest BCUT2D eigenvalue weighted by molar-refractivity contribution is 7.89. The Morgan fingerprint density at radius 3 is 2.47 bits per heavy atom. The topological polar surface area (TPSA) is 97.4 Å². The molecule has 1 heterocycles. The lowest BCUT2D eigenvalue weighted by Crippen LogP contribution is -2.47. The van der Waals surface area contributed by atoms with Crippen LogP contribution in [0.1, 0.15) is 23.7 Å². The van der Waals surface area contributed by atoms with Gasteiger partial charge in [-0.3, -0.25) is 9.78 Å². The van der Waals surface area contributed by atoms with Crippen LogP contribution in [-0.2, 0) is 27.8 Å². The molecular formula is C24H27N3O4S. The lowest BCUT2D eigenvalue weighted by atomic mass is 10.1. The van der Waals surface area contributed by atoms with Gasteiger partial charge in [0.1, 0.15) is 11.8 Å². The molecule has 2 N–H and O–H groups in total. The molecule has 0 spiro atoms. The molecule has 7 nitrogen and oxygen atoms in total. The van der Waals surface area contributed by atoms with Crippen molar-refractivity contribution in [2.45, 2.75) is 37.8 Å². The van der Waals surface area contributed by atoms with E-state index in [-0.39, 0.29) is 17.9 Å². The number of sulfonamides is 1. The number of hydrogen-bond acceptors (Lipinski definition) is 5. The van der Waals surface area contributed by atoms with E-state index >= 15 is 0 Å². The van der Waals surface area contributed by atoms with Crippen LogP contribution in [0.25, 0.3) is 0 Å². The first-order chi connectivity index (χ1) is 15.4. The second kappa shape index (κ2) is 10.9. The Morgan fingerprint density at radius 1 is 1.06 bits per heavy atom. The van der Waals surface area contributed by atoms with E-state index in [1.807, 2.05) is 43.3 Å². The Bertz CT molecular complexity index is 1140. The Hall–Kier alpha value is -3.23. The van der Waals surface area contributed by atoms with Gasteiger partial charge in [-0.1, -0.05) is 36.4 Å². The van der Waals surface area contributed by atoms with Crippen LogP contribution in [-0.4, -0.2) is 32.0 Å². The van der Waals surface area contributed by atoms with Gasteiger partial charge in [-0.05, 0) is 61.7 Å². The Morgan fingerprint density at radius 2 is 1.81 bits per heavy atom. The summed E-state index contributed by atoms with van der Waals surface area (Å²) in [4.78, 5) is 17.2. The van der Waals surface area contributed by atoms with Crippen molar-refractivity contribution in [2.75, 3.05) is 6.61 Å². The molecular weight excluding hydrogens is 426 g/mol. The number of benzene rings is 2. The van der Waals surface area contributed by atoms with Gasteiger partial charge in [-0.25, -0.2) is 8.42 Å². The largest absolute Gasteiger partial charge is 0.494 e. The number of aromatic nitrogens is 1. The standard InChI is InChI=1S/C24H27N3O4S/c1-3-31-23-13-12-21(15-18(23)2)32(29,30)27-22(16-19-9-5-4-6-10-19)24(28)26-17-20-11-7-8-14-25-20/h4-15,22,27H,3,16-17H2,1-2H3,(H,26,28)/t22-/m0/s1. The monoisotopic (exact) mass is 453 g/mol. The number of amides is 1. The molecule has 3 rings (SSSR count). The minimum absolute atomic E-state index is 0.0778. The maximum atomic E-state index is 13.1. The van der Waals surface area contributed by atoms with Crippen LogP contribution in [0.2, 0.25) is 0 Å². The number of carbonyl (C=O) groups excluding carboxylic acids is 1. The lowest BCUT2D eigenvalue weighted by Gasteiger charge is -2.19. The Kier molecular flexibility index (Phi) is 7.97. The van der Waals surface area contributed by atoms with Gasteiger partial charge in [0.25, 0.3) is 0 Å². The number of aryl methyl sites for hydroxylation is 1. The summed E-state index contributed by atoms with van der Waals surface area (Å²) >= 11 is 0. The normalized spacial score (nSPS) is 12.2. The van der Waals surface area contributed by atoms with Crippen LogP contribution in [0.15, 0.2) is 77.8 Å². The number of ether oxygens (including phenoxy) is 1. The van der Waals surface area contributed by atoms with Gasteiger partial charge in [-0.15, -0.1) is 0 Å². The fourth-order valence-electron chi connectivity index (χ4n) is 3.20. The minimum atomic E-state index is -3.94. The van der Waals surface area contributed by atoms with Gasteiger partial charge >= 0.3 is 0 Å². The highest BCUT2D eigenvalue weighted by Gasteiger charge is 2.26. The van der Waals surface area contributed by atoms with Crippen LogP contribution in [0.4, 0.5) is 0 Å². The van der Waals surface area contributed by atoms with Crippen molar-refractivity contribution in [1.82, 2.24) is 15.0 Å². The van der Waals surface area contributed by atoms with Crippen LogP contribution in [0, 0.1) is 6.92 Å². The lowest BCUT2D eigenvalue weighted by molar-refractivity contribution is -0.122. The molecule has 3 aromatic rings. The third kappa shape index (κ3) is 6.38. The van der Waals surface area contributed by atoms with E-state index in [4.69, 9.17) is 4.74 Å². The van der Waals surface area contributed by atoms with Crippen LogP contribution in [0.3, 0.4) is 0 Å². The minimum Gasteiger partial charge on any atom is -0.494 e. The Labute approximate surface area is 188 Å². The maximum absolute atomic E-state index is 13.1. The zero-order valence-electron chi connectivity index (χ0n) is 18.1. The molecule has 0 saturated carbocycles. The van der Waals surface area contributed by atoms with Gasteiger partial charge in [0.05, 0.1) is 23.7 Å². The van der Waals surface area contributed by atoms with Crippen molar-refractivity contribution in [3.8, 4) is 5.75 Å². The molecule has 2 aromatic carbocycles. The predicted octanol–water partition coefficient (Wildman–Crippen LogP) is 2.99. The molecule has 0 unspecified atom stereocenters. The fourth-order valence-corrected chi connectivity index (χ4v) is 4.48. The van der Waals surface area contributed by atoms with E-state index in [2.05, 4.69) is 15.0 Å². The average Bonchev–Trinajstić information content (AvgIpc) is 2.79. The fraction of sp³-hybridized carbons (Fsp3) is 0.250. The first-order valence-corrected chi connectivity index (χ1v) is 11.8. The molecule has 1 atom stereocenters. The first-order valence-electron chi connectivity index (χ1n) is 10.4. The summed E-state index contributed by atoms with van der Waals surface area (Å²) in [6.07, 6.45) is 1.85. The molecule has 1 aromatic heterocycles. The number of nitrogens with zero attached hydrogens (tertiary/aromatic N) is 1. The highest BCUT2D eigenvalue weighted by Crippen LogP contribution is 2.22. The van der Waals surface area contributed by atoms with Gasteiger partial charge in [0.15, 0.2) is 0 Å². The molecule has 0 aliphatic carbocycles. The maximum Gasteiger partial charge on any atom is 0.241 e. The summed E-state index contributed by atoms with van der Waals surface area (Å²) in [5, 5.41) is 2.78. The smallest absolute Gasteiger partial charge is 0.241 e. The van der Waals surface area contributed by atoms with Crippen LogP contribution in [0.5, 0.6) is 5.75 Å². The van der Waals surface area contributed by atoms with E-state index in [9.17, 15) is 13.2 Å². The second-order valence-corrected chi connectivity index (χ2v) is 8.98. The third-order valence-corrected chi connectivity index (χ3v) is 6.29. The van der Waals surface area contributed by atoms with E-state index in [1.54, 1.807) is 37.4 Å². The summed E-state index contributed by atoms with van der Waals surface area (Å²) in [6, 6.07) is 18.3. The molecule has 0 aliphatic heterocycles. The molecule has 0 aliphatic rings. The van der Waals surface area contributed by atoms with E-state index in [0.717, 1.165) is 5.56 Å². The third-order valence-electron chi connectivity index (χ3n) is 4.82. The van der Waals surface area contributed by atoms with E-state index < -0.39 is 22.0 Å². The van der Waals surface area contributed by atoms with E-state index in [0.29, 0.717) is 23.6 Å². The SMILES string of the molecule is CCOc1ccc(S(=O)(=O)N[C@@H](Cc2ccccc2)C(=O)NCc2ccccn2)cc1C. The zero-order chi connectivity index (χ0) is 23.0. The second-order valence-electron chi connectivity index (χ2n) is 7.26. The summed E-state index contributed by atoms with van der Waals surface area (Å²) in [5.41, 5.74) is 2.23. The molecule has 32 heavy (non-hydrogen) atoms. The average molecular weight is 454 g/mol. The number of rotatable bonds is 10. The summed E-state index contributed by atoms with van der Waals surface area (Å²) in [6.45, 7) is 4.34. The number of nitrogens with one attached hydrogen (secondary N) is 2. The molecule has 168 valence electrons. The molecule has 8 heteroatoms. The van der Waals surface area contributed by atoms with Crippen LogP contribution < -0.4 is 14.8 Å². The zero-order valence-corrected chi connectivity index (χ0v) is 18.9. The number of hydrogen-bond donors (Lipinski definition) is 2. The van der Waals surface area contributed by atoms with Crippen molar-refractivity contribution in [3.63, 3.8) is 0 Å². The molecule has 0 bridgehead atoms. The first kappa shape index (κ1) is 23.4. The molecule has 0 radical (unpaired) electrons. The van der Waals surface area contributed by atoms with Crippen molar-refractivity contribution in [3.05, 3.63) is 89.7 Å². The molecule has 0 fully saturated rings. The van der Waals surface area contributed by atoms with Crippen molar-refractivity contribution < 1.29 is 17.9 Å². The van der Waals surface area contributed by atoms with Crippen molar-refractivity contribution >= 4 is 15.9 Å². The van der Waals surface area contributed by atoms with E-state index in [1.165, 1.54) is 6.07 Å². The highest BCUT2D eigenvalue weighted by atomic mass is 32.2. The Balaban J connectivity index is 1.80. The molecule has 0 saturated heterocycles. The summed E-state index contributed by atoms with van der Waals surface area (Å²) < 4.78 is 34.2. The quantitative estimate of drug-likeness (QED) is 0.492. The van der Waals surface area contributed by atoms with Gasteiger partial charge < -0.3 is 10.1 Å². The predicted molar refractivity (Wildman–Crippen MR) is 123 cm³/mol. The number of pyridine rings is 1. The van der Waals surface area contributed by atoms with Gasteiger partial charge in [0.2, 0.25) is 15.9 Å². The summed E-state index contributed by atoms with van der Waals surface area (Å²) in [5.74, 6) is 0.200. The van der Waals surface area contributed by atoms with Crippen molar-refractivity contribution in [1.29, 1.82) is 0 Å². The molecule has 1 amide bonds. The van der Waals surface area contributed by atoms with Gasteiger partial charge in [-0.2, -0.15) is 4.72 Å². The number of carbonyl (C=O) groups is 1.